The Balaban J connectivity index is 2.52. The Morgan fingerprint density at radius 2 is 1.82 bits per heavy atom. The van der Waals surface area contributed by atoms with Crippen LogP contribution in [0.5, 0.6) is 0 Å². The van der Waals surface area contributed by atoms with Gasteiger partial charge in [-0.15, -0.1) is 0 Å². The SMILES string of the molecule is COC1CN(C(C)CC(C)(N)CO)CC1OC. The highest BCUT2D eigenvalue weighted by atomic mass is 16.5. The van der Waals surface area contributed by atoms with E-state index < -0.39 is 5.54 Å². The summed E-state index contributed by atoms with van der Waals surface area (Å²) in [5.74, 6) is 0. The number of aliphatic hydroxyl groups excluding tert-OH is 1. The monoisotopic (exact) mass is 246 g/mol. The molecule has 0 radical (unpaired) electrons. The highest BCUT2D eigenvalue weighted by Gasteiger charge is 2.36. The quantitative estimate of drug-likeness (QED) is 0.680. The molecule has 0 spiro atoms. The lowest BCUT2D eigenvalue weighted by Gasteiger charge is -2.31. The van der Waals surface area contributed by atoms with Gasteiger partial charge in [0.15, 0.2) is 0 Å². The molecule has 4 unspecified atom stereocenters. The standard InChI is InChI=1S/C12H26N2O3/c1-9(5-12(2,13)8-15)14-6-10(16-3)11(7-14)17-4/h9-11,15H,5-8,13H2,1-4H3. The van der Waals surface area contributed by atoms with Crippen molar-refractivity contribution in [3.63, 3.8) is 0 Å². The van der Waals surface area contributed by atoms with Gasteiger partial charge in [-0.1, -0.05) is 0 Å². The average molecular weight is 246 g/mol. The van der Waals surface area contributed by atoms with E-state index in [2.05, 4.69) is 11.8 Å². The minimum Gasteiger partial charge on any atom is -0.394 e. The predicted octanol–water partition coefficient (Wildman–Crippen LogP) is -0.180. The molecule has 5 heteroatoms. The normalized spacial score (nSPS) is 31.4. The highest BCUT2D eigenvalue weighted by molar-refractivity contribution is 4.91. The van der Waals surface area contributed by atoms with Gasteiger partial charge in [0.05, 0.1) is 18.8 Å². The van der Waals surface area contributed by atoms with Crippen LogP contribution in [0.1, 0.15) is 20.3 Å². The topological polar surface area (TPSA) is 68.0 Å². The lowest BCUT2D eigenvalue weighted by molar-refractivity contribution is -0.00461. The number of rotatable bonds is 6. The van der Waals surface area contributed by atoms with Crippen molar-refractivity contribution in [2.45, 2.75) is 44.1 Å². The Morgan fingerprint density at radius 1 is 1.35 bits per heavy atom. The predicted molar refractivity (Wildman–Crippen MR) is 66.9 cm³/mol. The van der Waals surface area contributed by atoms with Crippen LogP contribution in [0.3, 0.4) is 0 Å². The van der Waals surface area contributed by atoms with Crippen LogP contribution < -0.4 is 5.73 Å². The zero-order valence-electron chi connectivity index (χ0n) is 11.3. The first-order chi connectivity index (χ1) is 7.93. The first-order valence-electron chi connectivity index (χ1n) is 6.13. The lowest BCUT2D eigenvalue weighted by Crippen LogP contribution is -2.47. The van der Waals surface area contributed by atoms with Crippen molar-refractivity contribution in [3.8, 4) is 0 Å². The summed E-state index contributed by atoms with van der Waals surface area (Å²) in [6.07, 6.45) is 1.01. The average Bonchev–Trinajstić information content (AvgIpc) is 2.71. The lowest BCUT2D eigenvalue weighted by atomic mass is 9.95. The Labute approximate surface area is 104 Å². The van der Waals surface area contributed by atoms with Crippen LogP contribution in [-0.2, 0) is 9.47 Å². The molecular formula is C12H26N2O3. The zero-order valence-corrected chi connectivity index (χ0v) is 11.3. The van der Waals surface area contributed by atoms with Crippen LogP contribution in [0, 0.1) is 0 Å². The summed E-state index contributed by atoms with van der Waals surface area (Å²) in [6, 6.07) is 0.315. The van der Waals surface area contributed by atoms with Gasteiger partial charge in [0.2, 0.25) is 0 Å². The summed E-state index contributed by atoms with van der Waals surface area (Å²) in [4.78, 5) is 2.31. The third kappa shape index (κ3) is 3.89. The van der Waals surface area contributed by atoms with Crippen molar-refractivity contribution >= 4 is 0 Å². The van der Waals surface area contributed by atoms with Crippen LogP contribution in [0.4, 0.5) is 0 Å². The molecular weight excluding hydrogens is 220 g/mol. The van der Waals surface area contributed by atoms with Gasteiger partial charge in [0.25, 0.3) is 0 Å². The van der Waals surface area contributed by atoms with Crippen molar-refractivity contribution in [2.24, 2.45) is 5.73 Å². The van der Waals surface area contributed by atoms with Gasteiger partial charge in [-0.25, -0.2) is 0 Å². The van der Waals surface area contributed by atoms with Gasteiger partial charge < -0.3 is 20.3 Å². The largest absolute Gasteiger partial charge is 0.394 e. The Morgan fingerprint density at radius 3 is 2.18 bits per heavy atom. The number of nitrogens with zero attached hydrogens (tertiary/aromatic N) is 1. The summed E-state index contributed by atoms with van der Waals surface area (Å²) < 4.78 is 10.8. The fourth-order valence-corrected chi connectivity index (χ4v) is 2.45. The second kappa shape index (κ2) is 6.11. The van der Waals surface area contributed by atoms with E-state index in [-0.39, 0.29) is 18.8 Å². The maximum atomic E-state index is 9.19. The summed E-state index contributed by atoms with van der Waals surface area (Å²) in [6.45, 7) is 5.73. The summed E-state index contributed by atoms with van der Waals surface area (Å²) in [7, 11) is 3.43. The summed E-state index contributed by atoms with van der Waals surface area (Å²) >= 11 is 0. The van der Waals surface area contributed by atoms with E-state index in [0.29, 0.717) is 6.04 Å². The number of ether oxygens (including phenoxy) is 2. The molecule has 1 rings (SSSR count). The zero-order chi connectivity index (χ0) is 13.1. The molecule has 0 bridgehead atoms. The van der Waals surface area contributed by atoms with E-state index in [1.807, 2.05) is 6.92 Å². The second-order valence-corrected chi connectivity index (χ2v) is 5.37. The number of hydrogen-bond donors (Lipinski definition) is 2. The van der Waals surface area contributed by atoms with E-state index in [4.69, 9.17) is 15.2 Å². The number of nitrogens with two attached hydrogens (primary N) is 1. The van der Waals surface area contributed by atoms with Gasteiger partial charge in [0, 0.05) is 38.9 Å². The Hall–Kier alpha value is -0.200. The van der Waals surface area contributed by atoms with E-state index in [1.165, 1.54) is 0 Å². The van der Waals surface area contributed by atoms with Crippen LogP contribution >= 0.6 is 0 Å². The molecule has 1 heterocycles. The number of likely N-dealkylation sites (tertiary alicyclic amines) is 1. The van der Waals surface area contributed by atoms with E-state index >= 15 is 0 Å². The molecule has 0 aromatic carbocycles. The third-order valence-corrected chi connectivity index (χ3v) is 3.60. The van der Waals surface area contributed by atoms with Gasteiger partial charge in [-0.05, 0) is 20.3 Å². The fourth-order valence-electron chi connectivity index (χ4n) is 2.45. The van der Waals surface area contributed by atoms with Crippen molar-refractivity contribution in [1.29, 1.82) is 0 Å². The molecule has 0 aliphatic carbocycles. The molecule has 17 heavy (non-hydrogen) atoms. The molecule has 0 saturated carbocycles. The summed E-state index contributed by atoms with van der Waals surface area (Å²) in [5, 5.41) is 9.19. The molecule has 0 amide bonds. The van der Waals surface area contributed by atoms with Crippen LogP contribution in [-0.4, -0.2) is 67.7 Å². The van der Waals surface area contributed by atoms with Crippen LogP contribution in [0.25, 0.3) is 0 Å². The fraction of sp³-hybridized carbons (Fsp3) is 1.00. The van der Waals surface area contributed by atoms with E-state index in [0.717, 1.165) is 19.5 Å². The van der Waals surface area contributed by atoms with E-state index in [9.17, 15) is 5.11 Å². The van der Waals surface area contributed by atoms with Crippen molar-refractivity contribution in [3.05, 3.63) is 0 Å². The van der Waals surface area contributed by atoms with Gasteiger partial charge in [0.1, 0.15) is 0 Å². The molecule has 102 valence electrons. The third-order valence-electron chi connectivity index (χ3n) is 3.60. The Bertz CT molecular complexity index is 224. The first-order valence-corrected chi connectivity index (χ1v) is 6.13. The second-order valence-electron chi connectivity index (χ2n) is 5.37. The van der Waals surface area contributed by atoms with Gasteiger partial charge in [-0.3, -0.25) is 4.90 Å². The van der Waals surface area contributed by atoms with Gasteiger partial charge >= 0.3 is 0 Å². The maximum Gasteiger partial charge on any atom is 0.0971 e. The first kappa shape index (κ1) is 14.9. The summed E-state index contributed by atoms with van der Waals surface area (Å²) in [5.41, 5.74) is 5.46. The van der Waals surface area contributed by atoms with Crippen LogP contribution in [0.2, 0.25) is 0 Å². The molecule has 1 fully saturated rings. The molecule has 3 N–H and O–H groups in total. The molecule has 1 aliphatic heterocycles. The van der Waals surface area contributed by atoms with Crippen molar-refractivity contribution in [2.75, 3.05) is 33.9 Å². The Kier molecular flexibility index (Phi) is 5.34. The van der Waals surface area contributed by atoms with Crippen molar-refractivity contribution < 1.29 is 14.6 Å². The van der Waals surface area contributed by atoms with Crippen LogP contribution in [0.15, 0.2) is 0 Å². The molecule has 1 saturated heterocycles. The van der Waals surface area contributed by atoms with E-state index in [1.54, 1.807) is 14.2 Å². The van der Waals surface area contributed by atoms with Crippen molar-refractivity contribution in [1.82, 2.24) is 4.90 Å². The number of hydrogen-bond acceptors (Lipinski definition) is 5. The highest BCUT2D eigenvalue weighted by Crippen LogP contribution is 2.22. The minimum absolute atomic E-state index is 0.00654. The molecule has 0 aromatic heterocycles. The number of methoxy groups -OCH3 is 2. The molecule has 4 atom stereocenters. The molecule has 5 nitrogen and oxygen atoms in total. The smallest absolute Gasteiger partial charge is 0.0971 e. The van der Waals surface area contributed by atoms with Gasteiger partial charge in [-0.2, -0.15) is 0 Å². The number of aliphatic hydroxyl groups is 1. The molecule has 0 aromatic rings. The minimum atomic E-state index is -0.521. The maximum absolute atomic E-state index is 9.19. The molecule has 1 aliphatic rings.